The van der Waals surface area contributed by atoms with E-state index in [1.807, 2.05) is 0 Å². The molecule has 7 nitrogen and oxygen atoms in total. The SMILES string of the molecule is N#C[C@@H]1CCCN1C(=O)CNC1CCN(S(=O)(=O)c2ccc(Cl)cc2)CC1. The molecule has 27 heavy (non-hydrogen) atoms. The summed E-state index contributed by atoms with van der Waals surface area (Å²) in [5.41, 5.74) is 0. The van der Waals surface area contributed by atoms with Gasteiger partial charge in [0, 0.05) is 30.7 Å². The van der Waals surface area contributed by atoms with Gasteiger partial charge in [-0.3, -0.25) is 4.79 Å². The molecular weight excluding hydrogens is 388 g/mol. The molecule has 0 bridgehead atoms. The molecule has 2 aliphatic rings. The quantitative estimate of drug-likeness (QED) is 0.795. The largest absolute Gasteiger partial charge is 0.326 e. The van der Waals surface area contributed by atoms with Crippen LogP contribution in [-0.2, 0) is 14.8 Å². The first-order valence-corrected chi connectivity index (χ1v) is 10.9. The van der Waals surface area contributed by atoms with E-state index < -0.39 is 10.0 Å². The van der Waals surface area contributed by atoms with Gasteiger partial charge in [0.1, 0.15) is 6.04 Å². The fourth-order valence-electron chi connectivity index (χ4n) is 3.59. The number of piperidine rings is 1. The molecule has 1 amide bonds. The number of carbonyl (C=O) groups is 1. The molecule has 0 aliphatic carbocycles. The third-order valence-electron chi connectivity index (χ3n) is 5.17. The summed E-state index contributed by atoms with van der Waals surface area (Å²) < 4.78 is 26.8. The molecule has 1 aromatic rings. The van der Waals surface area contributed by atoms with Crippen molar-refractivity contribution in [3.05, 3.63) is 29.3 Å². The summed E-state index contributed by atoms with van der Waals surface area (Å²) in [7, 11) is -3.52. The Hall–Kier alpha value is -1.66. The maximum Gasteiger partial charge on any atom is 0.243 e. The van der Waals surface area contributed by atoms with Gasteiger partial charge < -0.3 is 10.2 Å². The van der Waals surface area contributed by atoms with Gasteiger partial charge in [0.05, 0.1) is 17.5 Å². The summed E-state index contributed by atoms with van der Waals surface area (Å²) in [6.45, 7) is 1.63. The smallest absolute Gasteiger partial charge is 0.243 e. The number of nitrogens with one attached hydrogen (secondary N) is 1. The number of halogens is 1. The lowest BCUT2D eigenvalue weighted by Crippen LogP contribution is -2.48. The van der Waals surface area contributed by atoms with Gasteiger partial charge in [0.2, 0.25) is 15.9 Å². The van der Waals surface area contributed by atoms with E-state index in [2.05, 4.69) is 11.4 Å². The van der Waals surface area contributed by atoms with Crippen molar-refractivity contribution in [1.29, 1.82) is 5.26 Å². The second-order valence-corrected chi connectivity index (χ2v) is 9.26. The zero-order valence-corrected chi connectivity index (χ0v) is 16.5. The number of benzene rings is 1. The molecule has 0 spiro atoms. The van der Waals surface area contributed by atoms with Gasteiger partial charge in [0.25, 0.3) is 0 Å². The highest BCUT2D eigenvalue weighted by Gasteiger charge is 2.31. The monoisotopic (exact) mass is 410 g/mol. The van der Waals surface area contributed by atoms with Crippen molar-refractivity contribution in [2.24, 2.45) is 0 Å². The van der Waals surface area contributed by atoms with E-state index in [0.29, 0.717) is 37.5 Å². The molecule has 0 saturated carbocycles. The maximum absolute atomic E-state index is 12.7. The minimum atomic E-state index is -3.52. The number of nitrogens with zero attached hydrogens (tertiary/aromatic N) is 3. The molecule has 9 heteroatoms. The fourth-order valence-corrected chi connectivity index (χ4v) is 5.18. The van der Waals surface area contributed by atoms with Crippen LogP contribution in [0.5, 0.6) is 0 Å². The van der Waals surface area contributed by atoms with E-state index in [9.17, 15) is 13.2 Å². The van der Waals surface area contributed by atoms with E-state index in [1.54, 1.807) is 17.0 Å². The minimum absolute atomic E-state index is 0.0599. The number of sulfonamides is 1. The molecule has 1 aromatic carbocycles. The Morgan fingerprint density at radius 2 is 1.85 bits per heavy atom. The van der Waals surface area contributed by atoms with Crippen LogP contribution in [0, 0.1) is 11.3 Å². The molecule has 2 saturated heterocycles. The molecule has 0 aromatic heterocycles. The predicted octanol–water partition coefficient (Wildman–Crippen LogP) is 1.60. The van der Waals surface area contributed by atoms with Crippen molar-refractivity contribution < 1.29 is 13.2 Å². The first-order valence-electron chi connectivity index (χ1n) is 9.10. The molecule has 146 valence electrons. The first-order chi connectivity index (χ1) is 12.9. The predicted molar refractivity (Wildman–Crippen MR) is 102 cm³/mol. The van der Waals surface area contributed by atoms with Crippen molar-refractivity contribution in [2.75, 3.05) is 26.2 Å². The number of amides is 1. The number of nitriles is 1. The zero-order chi connectivity index (χ0) is 19.4. The third-order valence-corrected chi connectivity index (χ3v) is 7.33. The van der Waals surface area contributed by atoms with Gasteiger partial charge in [-0.2, -0.15) is 9.57 Å². The fraction of sp³-hybridized carbons (Fsp3) is 0.556. The molecule has 1 atom stereocenters. The van der Waals surface area contributed by atoms with Crippen molar-refractivity contribution in [3.8, 4) is 6.07 Å². The Labute approximate surface area is 164 Å². The van der Waals surface area contributed by atoms with Gasteiger partial charge in [0.15, 0.2) is 0 Å². The Bertz CT molecular complexity index is 814. The third kappa shape index (κ3) is 4.61. The molecule has 0 unspecified atom stereocenters. The van der Waals surface area contributed by atoms with Crippen LogP contribution < -0.4 is 5.32 Å². The number of likely N-dealkylation sites (tertiary alicyclic amines) is 1. The van der Waals surface area contributed by atoms with Crippen LogP contribution in [0.25, 0.3) is 0 Å². The number of carbonyl (C=O) groups excluding carboxylic acids is 1. The molecule has 2 aliphatic heterocycles. The Kier molecular flexibility index (Phi) is 6.37. The van der Waals surface area contributed by atoms with Crippen LogP contribution in [-0.4, -0.2) is 61.8 Å². The second-order valence-electron chi connectivity index (χ2n) is 6.89. The first kappa shape index (κ1) is 20.1. The summed E-state index contributed by atoms with van der Waals surface area (Å²) in [6, 6.07) is 8.12. The topological polar surface area (TPSA) is 93.5 Å². The number of hydrogen-bond acceptors (Lipinski definition) is 5. The van der Waals surface area contributed by atoms with Crippen LogP contribution >= 0.6 is 11.6 Å². The standard InChI is InChI=1S/C18H23ClN4O3S/c19-14-3-5-17(6-4-14)27(25,26)22-10-7-15(8-11-22)21-13-18(24)23-9-1-2-16(23)12-20/h3-6,15-16,21H,1-2,7-11,13H2/t16-/m0/s1. The van der Waals surface area contributed by atoms with Gasteiger partial charge in [-0.1, -0.05) is 11.6 Å². The van der Waals surface area contributed by atoms with E-state index in [1.165, 1.54) is 16.4 Å². The maximum atomic E-state index is 12.7. The molecular formula is C18H23ClN4O3S. The summed E-state index contributed by atoms with van der Waals surface area (Å²) in [6.07, 6.45) is 2.89. The zero-order valence-electron chi connectivity index (χ0n) is 15.0. The lowest BCUT2D eigenvalue weighted by molar-refractivity contribution is -0.130. The molecule has 3 rings (SSSR count). The van der Waals surface area contributed by atoms with Crippen LogP contribution in [0.3, 0.4) is 0 Å². The molecule has 2 heterocycles. The van der Waals surface area contributed by atoms with Gasteiger partial charge in [-0.15, -0.1) is 0 Å². The molecule has 2 fully saturated rings. The molecule has 1 N–H and O–H groups in total. The summed E-state index contributed by atoms with van der Waals surface area (Å²) in [4.78, 5) is 14.2. The second kappa shape index (κ2) is 8.57. The highest BCUT2D eigenvalue weighted by atomic mass is 35.5. The van der Waals surface area contributed by atoms with Crippen molar-refractivity contribution in [1.82, 2.24) is 14.5 Å². The van der Waals surface area contributed by atoms with Crippen molar-refractivity contribution >= 4 is 27.5 Å². The van der Waals surface area contributed by atoms with Crippen molar-refractivity contribution in [2.45, 2.75) is 42.7 Å². The average molecular weight is 411 g/mol. The Balaban J connectivity index is 1.49. The number of rotatable bonds is 5. The van der Waals surface area contributed by atoms with Crippen LogP contribution in [0.2, 0.25) is 5.02 Å². The van der Waals surface area contributed by atoms with E-state index in [-0.39, 0.29) is 29.4 Å². The summed E-state index contributed by atoms with van der Waals surface area (Å²) >= 11 is 5.83. The Morgan fingerprint density at radius 3 is 2.48 bits per heavy atom. The lowest BCUT2D eigenvalue weighted by Gasteiger charge is -2.32. The highest BCUT2D eigenvalue weighted by molar-refractivity contribution is 7.89. The summed E-state index contributed by atoms with van der Waals surface area (Å²) in [5.74, 6) is -0.0599. The van der Waals surface area contributed by atoms with E-state index >= 15 is 0 Å². The van der Waals surface area contributed by atoms with Gasteiger partial charge in [-0.25, -0.2) is 8.42 Å². The van der Waals surface area contributed by atoms with Crippen LogP contribution in [0.15, 0.2) is 29.2 Å². The van der Waals surface area contributed by atoms with Gasteiger partial charge >= 0.3 is 0 Å². The molecule has 0 radical (unpaired) electrons. The van der Waals surface area contributed by atoms with E-state index in [4.69, 9.17) is 16.9 Å². The van der Waals surface area contributed by atoms with Gasteiger partial charge in [-0.05, 0) is 49.9 Å². The van der Waals surface area contributed by atoms with Crippen molar-refractivity contribution in [3.63, 3.8) is 0 Å². The summed E-state index contributed by atoms with van der Waals surface area (Å²) in [5, 5.41) is 12.8. The van der Waals surface area contributed by atoms with Crippen LogP contribution in [0.4, 0.5) is 0 Å². The van der Waals surface area contributed by atoms with Crippen LogP contribution in [0.1, 0.15) is 25.7 Å². The normalized spacial score (nSPS) is 21.9. The number of hydrogen-bond donors (Lipinski definition) is 1. The highest BCUT2D eigenvalue weighted by Crippen LogP contribution is 2.22. The minimum Gasteiger partial charge on any atom is -0.326 e. The average Bonchev–Trinajstić information content (AvgIpc) is 3.16. The Morgan fingerprint density at radius 1 is 1.19 bits per heavy atom. The van der Waals surface area contributed by atoms with E-state index in [0.717, 1.165) is 12.8 Å². The lowest BCUT2D eigenvalue weighted by atomic mass is 10.1.